The number of hydrogen-bond donors (Lipinski definition) is 0. The molecule has 0 aromatic rings. The van der Waals surface area contributed by atoms with Crippen molar-refractivity contribution in [3.63, 3.8) is 0 Å². The number of carbonyl (C=O) groups is 2. The smallest absolute Gasteiger partial charge is 0.391 e. The fraction of sp³-hybridized carbons (Fsp3) is 0.862. The number of rotatable bonds is 7. The zero-order chi connectivity index (χ0) is 24.0. The molecule has 3 saturated carbocycles. The van der Waals surface area contributed by atoms with E-state index in [0.29, 0.717) is 5.41 Å². The van der Waals surface area contributed by atoms with Crippen LogP contribution in [0.5, 0.6) is 0 Å². The molecule has 0 aliphatic heterocycles. The molecule has 3 nitrogen and oxygen atoms in total. The molecular weight excluding hydrogens is 432 g/mol. The third-order valence-corrected chi connectivity index (χ3v) is 10.8. The molecule has 0 saturated heterocycles. The van der Waals surface area contributed by atoms with Crippen LogP contribution >= 0.6 is 11.6 Å². The fourth-order valence-corrected chi connectivity index (χ4v) is 8.99. The Hall–Kier alpha value is -0.830. The first-order chi connectivity index (χ1) is 15.6. The molecule has 33 heavy (non-hydrogen) atoms. The van der Waals surface area contributed by atoms with E-state index in [9.17, 15) is 9.59 Å². The number of hydrogen-bond acceptors (Lipinski definition) is 3. The largest absolute Gasteiger partial charge is 0.455 e. The summed E-state index contributed by atoms with van der Waals surface area (Å²) in [6.07, 6.45) is 15.8. The van der Waals surface area contributed by atoms with Crippen molar-refractivity contribution < 1.29 is 14.3 Å². The van der Waals surface area contributed by atoms with Crippen molar-refractivity contribution >= 4 is 22.8 Å². The highest BCUT2D eigenvalue weighted by molar-refractivity contribution is 6.80. The van der Waals surface area contributed by atoms with Gasteiger partial charge >= 0.3 is 11.2 Å². The maximum atomic E-state index is 11.7. The Labute approximate surface area is 206 Å². The second-order valence-electron chi connectivity index (χ2n) is 12.8. The Morgan fingerprint density at radius 3 is 2.52 bits per heavy atom. The van der Waals surface area contributed by atoms with Gasteiger partial charge in [-0.3, -0.25) is 4.79 Å². The summed E-state index contributed by atoms with van der Waals surface area (Å²) in [4.78, 5) is 22.8. The van der Waals surface area contributed by atoms with Crippen LogP contribution in [0.15, 0.2) is 11.6 Å². The minimum atomic E-state index is -1.01. The zero-order valence-corrected chi connectivity index (χ0v) is 22.3. The van der Waals surface area contributed by atoms with Crippen molar-refractivity contribution in [2.75, 3.05) is 0 Å². The monoisotopic (exact) mass is 476 g/mol. The topological polar surface area (TPSA) is 43.4 Å². The van der Waals surface area contributed by atoms with Gasteiger partial charge in [-0.15, -0.1) is 0 Å². The summed E-state index contributed by atoms with van der Waals surface area (Å²) in [7, 11) is 0. The lowest BCUT2D eigenvalue weighted by molar-refractivity contribution is -0.156. The molecule has 4 rings (SSSR count). The van der Waals surface area contributed by atoms with E-state index in [4.69, 9.17) is 16.3 Å². The third-order valence-electron chi connectivity index (χ3n) is 10.7. The lowest BCUT2D eigenvalue weighted by Gasteiger charge is -2.58. The molecule has 4 aliphatic rings. The quantitative estimate of drug-likeness (QED) is 0.163. The van der Waals surface area contributed by atoms with Crippen LogP contribution in [0.3, 0.4) is 0 Å². The molecule has 0 N–H and O–H groups in total. The van der Waals surface area contributed by atoms with Gasteiger partial charge in [-0.25, -0.2) is 4.79 Å². The first-order valence-corrected chi connectivity index (χ1v) is 14.0. The predicted molar refractivity (Wildman–Crippen MR) is 134 cm³/mol. The van der Waals surface area contributed by atoms with Gasteiger partial charge in [0.1, 0.15) is 6.10 Å². The molecule has 0 amide bonds. The SMILES string of the molecule is CC(C)CCC[C@@H](C)[C@H]1CC[C@H]2[C@@H]3CC=C4C[C@@H](OC(=O)C(=O)Cl)CC[C@]4(C)[C@H]3CC[C@]12C. The minimum Gasteiger partial charge on any atom is -0.455 e. The van der Waals surface area contributed by atoms with E-state index in [2.05, 4.69) is 40.7 Å². The molecule has 3 fully saturated rings. The van der Waals surface area contributed by atoms with Crippen LogP contribution in [0.1, 0.15) is 105 Å². The van der Waals surface area contributed by atoms with Crippen LogP contribution in [-0.4, -0.2) is 17.3 Å². The van der Waals surface area contributed by atoms with Crippen molar-refractivity contribution in [2.24, 2.45) is 46.3 Å². The molecule has 4 heteroatoms. The molecule has 0 aromatic carbocycles. The average molecular weight is 477 g/mol. The Bertz CT molecular complexity index is 788. The summed E-state index contributed by atoms with van der Waals surface area (Å²) in [5.41, 5.74) is 2.20. The first kappa shape index (κ1) is 25.3. The van der Waals surface area contributed by atoms with Crippen LogP contribution in [0.4, 0.5) is 0 Å². The van der Waals surface area contributed by atoms with Gasteiger partial charge in [0.15, 0.2) is 0 Å². The summed E-state index contributed by atoms with van der Waals surface area (Å²) in [6, 6.07) is 0. The third kappa shape index (κ3) is 4.69. The van der Waals surface area contributed by atoms with E-state index in [0.717, 1.165) is 54.8 Å². The maximum Gasteiger partial charge on any atom is 0.391 e. The molecule has 4 aliphatic carbocycles. The van der Waals surface area contributed by atoms with E-state index in [-0.39, 0.29) is 11.5 Å². The van der Waals surface area contributed by atoms with Gasteiger partial charge in [0, 0.05) is 6.42 Å². The number of esters is 1. The molecule has 0 heterocycles. The highest BCUT2D eigenvalue weighted by Crippen LogP contribution is 2.67. The van der Waals surface area contributed by atoms with Crippen molar-refractivity contribution in [2.45, 2.75) is 111 Å². The standard InChI is InChI=1S/C29H45ClO3/c1-18(2)7-6-8-19(3)23-11-12-24-22-10-9-20-17-21(33-27(32)26(30)31)13-15-28(20,4)25(22)14-16-29(23,24)5/h9,18-19,21-25H,6-8,10-17H2,1-5H3/t19-,21+,22+,23-,24+,25+,28+,29-/m1/s1. The van der Waals surface area contributed by atoms with Crippen molar-refractivity contribution in [3.05, 3.63) is 11.6 Å². The van der Waals surface area contributed by atoms with Gasteiger partial charge in [0.05, 0.1) is 0 Å². The number of halogens is 1. The summed E-state index contributed by atoms with van der Waals surface area (Å²) in [5.74, 6) is 4.05. The summed E-state index contributed by atoms with van der Waals surface area (Å²) in [5, 5.41) is -1.01. The van der Waals surface area contributed by atoms with Gasteiger partial charge in [-0.1, -0.05) is 65.5 Å². The number of carbonyl (C=O) groups excluding carboxylic acids is 2. The van der Waals surface area contributed by atoms with Gasteiger partial charge in [0.25, 0.3) is 0 Å². The molecule has 0 unspecified atom stereocenters. The van der Waals surface area contributed by atoms with E-state index in [1.165, 1.54) is 56.9 Å². The Morgan fingerprint density at radius 2 is 1.82 bits per heavy atom. The predicted octanol–water partition coefficient (Wildman–Crippen LogP) is 7.71. The van der Waals surface area contributed by atoms with Gasteiger partial charge < -0.3 is 4.74 Å². The van der Waals surface area contributed by atoms with Crippen LogP contribution in [0, 0.1) is 46.3 Å². The van der Waals surface area contributed by atoms with E-state index >= 15 is 0 Å². The zero-order valence-electron chi connectivity index (χ0n) is 21.5. The summed E-state index contributed by atoms with van der Waals surface area (Å²) >= 11 is 5.32. The second kappa shape index (κ2) is 9.67. The minimum absolute atomic E-state index is 0.201. The van der Waals surface area contributed by atoms with E-state index < -0.39 is 11.2 Å². The second-order valence-corrected chi connectivity index (χ2v) is 13.2. The van der Waals surface area contributed by atoms with Gasteiger partial charge in [-0.2, -0.15) is 0 Å². The average Bonchev–Trinajstić information content (AvgIpc) is 3.11. The van der Waals surface area contributed by atoms with Gasteiger partial charge in [0.2, 0.25) is 0 Å². The molecule has 0 aromatic heterocycles. The maximum absolute atomic E-state index is 11.7. The lowest BCUT2D eigenvalue weighted by Crippen LogP contribution is -2.51. The highest BCUT2D eigenvalue weighted by Gasteiger charge is 2.59. The first-order valence-electron chi connectivity index (χ1n) is 13.7. The fourth-order valence-electron chi connectivity index (χ4n) is 8.95. The number of fused-ring (bicyclic) bond motifs is 5. The van der Waals surface area contributed by atoms with Crippen molar-refractivity contribution in [1.82, 2.24) is 0 Å². The Morgan fingerprint density at radius 1 is 1.06 bits per heavy atom. The van der Waals surface area contributed by atoms with Gasteiger partial charge in [-0.05, 0) is 103 Å². The summed E-state index contributed by atoms with van der Waals surface area (Å²) < 4.78 is 5.39. The lowest BCUT2D eigenvalue weighted by atomic mass is 9.47. The van der Waals surface area contributed by atoms with Crippen LogP contribution < -0.4 is 0 Å². The summed E-state index contributed by atoms with van der Waals surface area (Å²) in [6.45, 7) is 12.4. The van der Waals surface area contributed by atoms with Crippen molar-refractivity contribution in [1.29, 1.82) is 0 Å². The molecular formula is C29H45ClO3. The van der Waals surface area contributed by atoms with Crippen molar-refractivity contribution in [3.8, 4) is 0 Å². The Balaban J connectivity index is 1.45. The highest BCUT2D eigenvalue weighted by atomic mass is 35.5. The van der Waals surface area contributed by atoms with Crippen LogP contribution in [-0.2, 0) is 14.3 Å². The van der Waals surface area contributed by atoms with E-state index in [1.807, 2.05) is 0 Å². The number of ether oxygens (including phenoxy) is 1. The molecule has 0 radical (unpaired) electrons. The Kier molecular flexibility index (Phi) is 7.40. The number of allylic oxidation sites excluding steroid dienone is 1. The van der Waals surface area contributed by atoms with E-state index in [1.54, 1.807) is 0 Å². The molecule has 0 spiro atoms. The molecule has 186 valence electrons. The normalized spacial score (nSPS) is 40.9. The molecule has 8 atom stereocenters. The van der Waals surface area contributed by atoms with Crippen LogP contribution in [0.25, 0.3) is 0 Å². The van der Waals surface area contributed by atoms with Crippen LogP contribution in [0.2, 0.25) is 0 Å². The molecule has 0 bridgehead atoms.